The van der Waals surface area contributed by atoms with Gasteiger partial charge in [0.1, 0.15) is 6.04 Å². The van der Waals surface area contributed by atoms with E-state index in [-0.39, 0.29) is 35.7 Å². The maximum absolute atomic E-state index is 13.7. The lowest BCUT2D eigenvalue weighted by atomic mass is 9.90. The summed E-state index contributed by atoms with van der Waals surface area (Å²) in [5.41, 5.74) is 7.62. The Kier molecular flexibility index (Phi) is 8.09. The molecule has 5 atom stereocenters. The molecule has 1 aliphatic carbocycles. The van der Waals surface area contributed by atoms with Crippen molar-refractivity contribution in [3.8, 4) is 0 Å². The van der Waals surface area contributed by atoms with Crippen LogP contribution in [0.2, 0.25) is 0 Å². The van der Waals surface area contributed by atoms with E-state index < -0.39 is 18.0 Å². The van der Waals surface area contributed by atoms with Crippen LogP contribution in [0, 0.1) is 11.8 Å². The van der Waals surface area contributed by atoms with Crippen LogP contribution >= 0.6 is 0 Å². The van der Waals surface area contributed by atoms with Gasteiger partial charge in [-0.3, -0.25) is 14.4 Å². The molecule has 3 amide bonds. The van der Waals surface area contributed by atoms with Gasteiger partial charge in [-0.05, 0) is 49.1 Å². The lowest BCUT2D eigenvalue weighted by Crippen LogP contribution is -2.58. The van der Waals surface area contributed by atoms with Crippen LogP contribution < -0.4 is 16.4 Å². The van der Waals surface area contributed by atoms with E-state index in [0.29, 0.717) is 12.5 Å². The second-order valence-electron chi connectivity index (χ2n) is 10.5. The number of benzene rings is 2. The first-order chi connectivity index (χ1) is 17.3. The average Bonchev–Trinajstić information content (AvgIpc) is 3.46. The number of hydrogen-bond donors (Lipinski definition) is 3. The van der Waals surface area contributed by atoms with Crippen LogP contribution in [0.15, 0.2) is 60.7 Å². The first-order valence-electron chi connectivity index (χ1n) is 13.0. The third-order valence-electron chi connectivity index (χ3n) is 7.63. The number of carbonyl (C=O) groups excluding carboxylic acids is 3. The predicted molar refractivity (Wildman–Crippen MR) is 140 cm³/mol. The molecule has 2 fully saturated rings. The maximum Gasteiger partial charge on any atom is 0.245 e. The van der Waals surface area contributed by atoms with Crippen LogP contribution in [0.1, 0.15) is 57.1 Å². The SMILES string of the molecule is CC(C)C(NC(=O)[C@H](C)N)C(=O)N1CCC2CCC(NC(=O)C(c3ccccc3)c3ccccc3)C21. The highest BCUT2D eigenvalue weighted by Gasteiger charge is 2.48. The van der Waals surface area contributed by atoms with E-state index in [9.17, 15) is 14.4 Å². The molecule has 1 heterocycles. The highest BCUT2D eigenvalue weighted by atomic mass is 16.2. The van der Waals surface area contributed by atoms with Crippen LogP contribution in [0.25, 0.3) is 0 Å². The van der Waals surface area contributed by atoms with Gasteiger partial charge in [0, 0.05) is 12.6 Å². The van der Waals surface area contributed by atoms with Gasteiger partial charge < -0.3 is 21.3 Å². The van der Waals surface area contributed by atoms with Crippen molar-refractivity contribution in [1.29, 1.82) is 0 Å². The Morgan fingerprint density at radius 2 is 1.44 bits per heavy atom. The molecule has 2 aromatic carbocycles. The standard InChI is InChI=1S/C29H38N4O3/c1-18(2)25(32-27(34)19(3)30)29(36)33-17-16-22-14-15-23(26(22)33)31-28(35)24(20-10-6-4-7-11-20)21-12-8-5-9-13-21/h4-13,18-19,22-26H,14-17,30H2,1-3H3,(H,31,35)(H,32,34)/t19-,22?,23?,25?,26?/m0/s1. The van der Waals surface area contributed by atoms with E-state index in [1.54, 1.807) is 6.92 Å². The quantitative estimate of drug-likeness (QED) is 0.529. The van der Waals surface area contributed by atoms with Crippen molar-refractivity contribution < 1.29 is 14.4 Å². The number of fused-ring (bicyclic) bond motifs is 1. The lowest BCUT2D eigenvalue weighted by molar-refractivity contribution is -0.139. The van der Waals surface area contributed by atoms with Crippen LogP contribution in [0.3, 0.4) is 0 Å². The van der Waals surface area contributed by atoms with Gasteiger partial charge in [-0.15, -0.1) is 0 Å². The van der Waals surface area contributed by atoms with Gasteiger partial charge in [0.25, 0.3) is 0 Å². The number of carbonyl (C=O) groups is 3. The molecule has 7 heteroatoms. The van der Waals surface area contributed by atoms with Crippen molar-refractivity contribution in [1.82, 2.24) is 15.5 Å². The summed E-state index contributed by atoms with van der Waals surface area (Å²) in [6.07, 6.45) is 2.72. The van der Waals surface area contributed by atoms with Gasteiger partial charge in [-0.1, -0.05) is 74.5 Å². The number of nitrogens with zero attached hydrogens (tertiary/aromatic N) is 1. The monoisotopic (exact) mass is 490 g/mol. The summed E-state index contributed by atoms with van der Waals surface area (Å²) in [7, 11) is 0. The molecule has 0 aromatic heterocycles. The second-order valence-corrected chi connectivity index (χ2v) is 10.5. The molecule has 1 saturated carbocycles. The summed E-state index contributed by atoms with van der Waals surface area (Å²) in [4.78, 5) is 41.6. The summed E-state index contributed by atoms with van der Waals surface area (Å²) in [6.45, 7) is 6.10. The molecule has 4 N–H and O–H groups in total. The maximum atomic E-state index is 13.7. The molecule has 192 valence electrons. The van der Waals surface area contributed by atoms with E-state index in [0.717, 1.165) is 30.4 Å². The summed E-state index contributed by atoms with van der Waals surface area (Å²) in [6, 6.07) is 18.1. The fourth-order valence-electron chi connectivity index (χ4n) is 5.75. The Balaban J connectivity index is 1.54. The van der Waals surface area contributed by atoms with E-state index in [1.807, 2.05) is 79.4 Å². The topological polar surface area (TPSA) is 105 Å². The van der Waals surface area contributed by atoms with Crippen molar-refractivity contribution in [3.05, 3.63) is 71.8 Å². The fraction of sp³-hybridized carbons (Fsp3) is 0.483. The molecule has 2 aliphatic rings. The van der Waals surface area contributed by atoms with Gasteiger partial charge >= 0.3 is 0 Å². The van der Waals surface area contributed by atoms with Gasteiger partial charge in [0.15, 0.2) is 0 Å². The molecule has 36 heavy (non-hydrogen) atoms. The van der Waals surface area contributed by atoms with Gasteiger partial charge in [-0.2, -0.15) is 0 Å². The molecule has 1 aliphatic heterocycles. The smallest absolute Gasteiger partial charge is 0.245 e. The molecule has 0 spiro atoms. The zero-order valence-corrected chi connectivity index (χ0v) is 21.4. The molecular formula is C29H38N4O3. The molecule has 7 nitrogen and oxygen atoms in total. The molecular weight excluding hydrogens is 452 g/mol. The molecule has 1 saturated heterocycles. The summed E-state index contributed by atoms with van der Waals surface area (Å²) >= 11 is 0. The van der Waals surface area contributed by atoms with Crippen molar-refractivity contribution in [2.24, 2.45) is 17.6 Å². The Bertz CT molecular complexity index is 1020. The minimum Gasteiger partial charge on any atom is -0.350 e. The predicted octanol–water partition coefficient (Wildman–Crippen LogP) is 2.80. The number of nitrogens with one attached hydrogen (secondary N) is 2. The number of nitrogens with two attached hydrogens (primary N) is 1. The minimum atomic E-state index is -0.684. The lowest BCUT2D eigenvalue weighted by Gasteiger charge is -2.34. The Hall–Kier alpha value is -3.19. The number of amides is 3. The Labute approximate surface area is 213 Å². The second kappa shape index (κ2) is 11.2. The van der Waals surface area contributed by atoms with Crippen molar-refractivity contribution in [2.45, 2.75) is 70.1 Å². The summed E-state index contributed by atoms with van der Waals surface area (Å²) in [5, 5.41) is 6.17. The summed E-state index contributed by atoms with van der Waals surface area (Å²) < 4.78 is 0. The van der Waals surface area contributed by atoms with Crippen LogP contribution in [0.5, 0.6) is 0 Å². The van der Waals surface area contributed by atoms with Crippen LogP contribution in [0.4, 0.5) is 0 Å². The van der Waals surface area contributed by atoms with Gasteiger partial charge in [0.2, 0.25) is 17.7 Å². The van der Waals surface area contributed by atoms with Crippen LogP contribution in [-0.2, 0) is 14.4 Å². The van der Waals surface area contributed by atoms with Crippen molar-refractivity contribution in [2.75, 3.05) is 6.54 Å². The van der Waals surface area contributed by atoms with Crippen molar-refractivity contribution >= 4 is 17.7 Å². The van der Waals surface area contributed by atoms with E-state index in [1.165, 1.54) is 0 Å². The van der Waals surface area contributed by atoms with E-state index in [4.69, 9.17) is 5.73 Å². The summed E-state index contributed by atoms with van der Waals surface area (Å²) in [5.74, 6) is -0.621. The highest BCUT2D eigenvalue weighted by molar-refractivity contribution is 5.90. The Morgan fingerprint density at radius 1 is 0.861 bits per heavy atom. The minimum absolute atomic E-state index is 0.0528. The van der Waals surface area contributed by atoms with Gasteiger partial charge in [-0.25, -0.2) is 0 Å². The molecule has 0 bridgehead atoms. The van der Waals surface area contributed by atoms with Gasteiger partial charge in [0.05, 0.1) is 18.0 Å². The first kappa shape index (κ1) is 25.9. The first-order valence-corrected chi connectivity index (χ1v) is 13.0. The van der Waals surface area contributed by atoms with E-state index >= 15 is 0 Å². The zero-order chi connectivity index (χ0) is 25.8. The zero-order valence-electron chi connectivity index (χ0n) is 21.4. The number of rotatable bonds is 8. The number of hydrogen-bond acceptors (Lipinski definition) is 4. The molecule has 2 aromatic rings. The Morgan fingerprint density at radius 3 is 1.97 bits per heavy atom. The average molecular weight is 491 g/mol. The third kappa shape index (κ3) is 5.46. The van der Waals surface area contributed by atoms with Crippen LogP contribution in [-0.4, -0.2) is 53.3 Å². The van der Waals surface area contributed by atoms with Crippen molar-refractivity contribution in [3.63, 3.8) is 0 Å². The molecule has 4 unspecified atom stereocenters. The molecule has 0 radical (unpaired) electrons. The normalized spacial score (nSPS) is 22.8. The number of likely N-dealkylation sites (tertiary alicyclic amines) is 1. The largest absolute Gasteiger partial charge is 0.350 e. The fourth-order valence-corrected chi connectivity index (χ4v) is 5.75. The molecule has 4 rings (SSSR count). The third-order valence-corrected chi connectivity index (χ3v) is 7.63. The highest BCUT2D eigenvalue weighted by Crippen LogP contribution is 2.39. The van der Waals surface area contributed by atoms with E-state index in [2.05, 4.69) is 10.6 Å².